The summed E-state index contributed by atoms with van der Waals surface area (Å²) >= 11 is 0. The maximum absolute atomic E-state index is 12.2. The van der Waals surface area contributed by atoms with Gasteiger partial charge in [-0.15, -0.1) is 0 Å². The predicted molar refractivity (Wildman–Crippen MR) is 165 cm³/mol. The highest BCUT2D eigenvalue weighted by Crippen LogP contribution is 2.33. The Morgan fingerprint density at radius 2 is 2.12 bits per heavy atom. The van der Waals surface area contributed by atoms with Gasteiger partial charge in [0.15, 0.2) is 0 Å². The van der Waals surface area contributed by atoms with Crippen molar-refractivity contribution in [2.24, 2.45) is 10.7 Å². The van der Waals surface area contributed by atoms with Crippen LogP contribution in [0.1, 0.15) is 30.0 Å². The summed E-state index contributed by atoms with van der Waals surface area (Å²) < 4.78 is 12.4. The summed E-state index contributed by atoms with van der Waals surface area (Å²) in [6.07, 6.45) is 5.28. The van der Waals surface area contributed by atoms with Gasteiger partial charge in [0.05, 0.1) is 47.9 Å². The number of phenolic OH excluding ortho intramolecular Hbond substituents is 1. The molecule has 1 aliphatic rings. The molecule has 3 heterocycles. The number of anilines is 2. The molecule has 2 aromatic carbocycles. The number of ether oxygens (including phenoxy) is 2. The van der Waals surface area contributed by atoms with Crippen LogP contribution in [0.5, 0.6) is 5.75 Å². The number of hydrogen-bond donors (Lipinski definition) is 5. The molecule has 11 heteroatoms. The number of nitrogens with zero attached hydrogens (tertiary/aromatic N) is 3. The Morgan fingerprint density at radius 1 is 1.26 bits per heavy atom. The fourth-order valence-corrected chi connectivity index (χ4v) is 5.06. The minimum atomic E-state index is -0.283. The molecule has 6 N–H and O–H groups in total. The summed E-state index contributed by atoms with van der Waals surface area (Å²) in [7, 11) is 1.59. The van der Waals surface area contributed by atoms with Crippen LogP contribution in [0.4, 0.5) is 21.9 Å². The first-order chi connectivity index (χ1) is 20.4. The summed E-state index contributed by atoms with van der Waals surface area (Å²) in [5, 5.41) is 23.8. The SMILES string of the molecule is CCc1cc(O)ccc1N=C(N)c1cnn2cc(-c3ccc(NC(=O)NCCOC)cc3C)cc2c1N[C@H]1CCOC1. The fourth-order valence-electron chi connectivity index (χ4n) is 5.06. The number of urea groups is 1. The monoisotopic (exact) mass is 571 g/mol. The third-order valence-corrected chi connectivity index (χ3v) is 7.26. The zero-order valence-electron chi connectivity index (χ0n) is 24.1. The summed E-state index contributed by atoms with van der Waals surface area (Å²) in [4.78, 5) is 16.9. The van der Waals surface area contributed by atoms with E-state index >= 15 is 0 Å². The molecule has 220 valence electrons. The molecule has 0 radical (unpaired) electrons. The van der Waals surface area contributed by atoms with Gasteiger partial charge in [0, 0.05) is 37.7 Å². The van der Waals surface area contributed by atoms with Crippen LogP contribution < -0.4 is 21.7 Å². The van der Waals surface area contributed by atoms with Crippen molar-refractivity contribution < 1.29 is 19.4 Å². The van der Waals surface area contributed by atoms with Gasteiger partial charge in [-0.1, -0.05) is 13.0 Å². The molecule has 42 heavy (non-hydrogen) atoms. The molecule has 2 amide bonds. The lowest BCUT2D eigenvalue weighted by molar-refractivity contribution is 0.195. The van der Waals surface area contributed by atoms with E-state index in [1.54, 1.807) is 31.5 Å². The molecule has 11 nitrogen and oxygen atoms in total. The van der Waals surface area contributed by atoms with Crippen molar-refractivity contribution >= 4 is 34.4 Å². The molecule has 1 atom stereocenters. The first kappa shape index (κ1) is 28.9. The number of aromatic hydroxyl groups is 1. The van der Waals surface area contributed by atoms with Crippen LogP contribution in [-0.2, 0) is 15.9 Å². The molecule has 0 saturated carbocycles. The van der Waals surface area contributed by atoms with Crippen molar-refractivity contribution in [1.82, 2.24) is 14.9 Å². The minimum absolute atomic E-state index is 0.128. The Balaban J connectivity index is 1.50. The van der Waals surface area contributed by atoms with Gasteiger partial charge in [-0.3, -0.25) is 0 Å². The third-order valence-electron chi connectivity index (χ3n) is 7.26. The van der Waals surface area contributed by atoms with Crippen LogP contribution >= 0.6 is 0 Å². The lowest BCUT2D eigenvalue weighted by atomic mass is 10.0. The number of methoxy groups -OCH3 is 1. The Morgan fingerprint density at radius 3 is 2.86 bits per heavy atom. The minimum Gasteiger partial charge on any atom is -0.508 e. The summed E-state index contributed by atoms with van der Waals surface area (Å²) in [5.41, 5.74) is 14.3. The number of carbonyl (C=O) groups excluding carboxylic acids is 1. The van der Waals surface area contributed by atoms with Crippen LogP contribution in [0.2, 0.25) is 0 Å². The summed E-state index contributed by atoms with van der Waals surface area (Å²) in [6, 6.07) is 12.8. The fraction of sp³-hybridized carbons (Fsp3) is 0.323. The number of amidine groups is 1. The van der Waals surface area contributed by atoms with E-state index in [9.17, 15) is 9.90 Å². The highest BCUT2D eigenvalue weighted by atomic mass is 16.5. The second-order valence-electron chi connectivity index (χ2n) is 10.3. The van der Waals surface area contributed by atoms with Gasteiger partial charge in [0.2, 0.25) is 0 Å². The Kier molecular flexibility index (Phi) is 8.89. The standard InChI is InChI=1S/C31H37N7O4/c1-4-20-14-24(39)6-8-27(20)37-30(32)26-16-34-38-17-21(15-28(38)29(26)35-23-9-11-42-18-23)25-7-5-22(13-19(25)2)36-31(40)33-10-12-41-3/h5-8,13-17,23,35,39H,4,9-12,18H2,1-3H3,(H2,32,37)(H2,33,36,40)/t23-/m0/s1. The van der Waals surface area contributed by atoms with Gasteiger partial charge in [0.25, 0.3) is 0 Å². The van der Waals surface area contributed by atoms with Gasteiger partial charge in [-0.05, 0) is 72.9 Å². The number of phenols is 1. The number of aryl methyl sites for hydroxylation is 2. The molecule has 0 spiro atoms. The molecule has 0 bridgehead atoms. The average Bonchev–Trinajstić information content (AvgIpc) is 3.64. The van der Waals surface area contributed by atoms with Gasteiger partial charge in [-0.25, -0.2) is 14.3 Å². The van der Waals surface area contributed by atoms with Crippen LogP contribution in [0.15, 0.2) is 59.9 Å². The zero-order valence-corrected chi connectivity index (χ0v) is 24.1. The molecule has 1 fully saturated rings. The maximum Gasteiger partial charge on any atom is 0.319 e. The van der Waals surface area contributed by atoms with E-state index in [1.807, 2.05) is 42.8 Å². The molecule has 5 rings (SSSR count). The van der Waals surface area contributed by atoms with E-state index in [0.717, 1.165) is 39.9 Å². The van der Waals surface area contributed by atoms with Crippen LogP contribution in [-0.4, -0.2) is 66.1 Å². The van der Waals surface area contributed by atoms with Crippen LogP contribution in [0.3, 0.4) is 0 Å². The topological polar surface area (TPSA) is 148 Å². The van der Waals surface area contributed by atoms with Crippen molar-refractivity contribution in [3.63, 3.8) is 0 Å². The largest absolute Gasteiger partial charge is 0.508 e. The first-order valence-electron chi connectivity index (χ1n) is 14.0. The van der Waals surface area contributed by atoms with Gasteiger partial charge >= 0.3 is 6.03 Å². The van der Waals surface area contributed by atoms with Crippen LogP contribution in [0, 0.1) is 6.92 Å². The predicted octanol–water partition coefficient (Wildman–Crippen LogP) is 4.58. The van der Waals surface area contributed by atoms with E-state index in [0.29, 0.717) is 55.6 Å². The smallest absolute Gasteiger partial charge is 0.319 e. The van der Waals surface area contributed by atoms with E-state index < -0.39 is 0 Å². The molecule has 1 saturated heterocycles. The lowest BCUT2D eigenvalue weighted by Gasteiger charge is -2.17. The number of carbonyl (C=O) groups is 1. The Labute approximate surface area is 244 Å². The van der Waals surface area contributed by atoms with Gasteiger partial charge in [0.1, 0.15) is 11.6 Å². The number of benzene rings is 2. The van der Waals surface area contributed by atoms with E-state index in [4.69, 9.17) is 20.2 Å². The molecular weight excluding hydrogens is 534 g/mol. The Hall–Kier alpha value is -4.61. The number of aliphatic imine (C=N–C) groups is 1. The molecule has 0 aliphatic carbocycles. The molecule has 2 aromatic heterocycles. The van der Waals surface area contributed by atoms with Crippen molar-refractivity contribution in [2.45, 2.75) is 32.7 Å². The number of amides is 2. The number of nitrogens with two attached hydrogens (primary N) is 1. The number of nitrogens with one attached hydrogen (secondary N) is 3. The third kappa shape index (κ3) is 6.48. The Bertz CT molecular complexity index is 1610. The van der Waals surface area contributed by atoms with Gasteiger partial charge < -0.3 is 36.3 Å². The zero-order chi connectivity index (χ0) is 29.6. The average molecular weight is 572 g/mol. The molecule has 0 unspecified atom stereocenters. The van der Waals surface area contributed by atoms with Gasteiger partial charge in [-0.2, -0.15) is 5.10 Å². The second kappa shape index (κ2) is 12.9. The maximum atomic E-state index is 12.2. The second-order valence-corrected chi connectivity index (χ2v) is 10.3. The highest BCUT2D eigenvalue weighted by Gasteiger charge is 2.21. The number of fused-ring (bicyclic) bond motifs is 1. The van der Waals surface area contributed by atoms with Crippen LogP contribution in [0.25, 0.3) is 16.6 Å². The molecular formula is C31H37N7O4. The van der Waals surface area contributed by atoms with Crippen molar-refractivity contribution in [2.75, 3.05) is 44.1 Å². The number of aromatic nitrogens is 2. The van der Waals surface area contributed by atoms with Crippen molar-refractivity contribution in [1.29, 1.82) is 0 Å². The van der Waals surface area contributed by atoms with E-state index in [-0.39, 0.29) is 17.8 Å². The molecule has 4 aromatic rings. The molecule has 1 aliphatic heterocycles. The van der Waals surface area contributed by atoms with Crippen molar-refractivity contribution in [3.8, 4) is 16.9 Å². The van der Waals surface area contributed by atoms with E-state index in [1.165, 1.54) is 0 Å². The lowest BCUT2D eigenvalue weighted by Crippen LogP contribution is -2.31. The van der Waals surface area contributed by atoms with Crippen molar-refractivity contribution in [3.05, 3.63) is 71.5 Å². The summed E-state index contributed by atoms with van der Waals surface area (Å²) in [6.45, 7) is 6.19. The number of rotatable bonds is 10. The summed E-state index contributed by atoms with van der Waals surface area (Å²) in [5.74, 6) is 0.520. The van der Waals surface area contributed by atoms with E-state index in [2.05, 4.69) is 27.1 Å². The quantitative estimate of drug-likeness (QED) is 0.106. The highest BCUT2D eigenvalue weighted by molar-refractivity contribution is 6.06. The number of hydrogen-bond acceptors (Lipinski definition) is 7. The first-order valence-corrected chi connectivity index (χ1v) is 14.0. The normalized spacial score (nSPS) is 15.2.